The van der Waals surface area contributed by atoms with Crippen LogP contribution in [-0.4, -0.2) is 0 Å². The Morgan fingerprint density at radius 2 is 1.44 bits per heavy atom. The van der Waals surface area contributed by atoms with Crippen LogP contribution >= 0.6 is 0 Å². The van der Waals surface area contributed by atoms with Crippen molar-refractivity contribution >= 4 is 5.69 Å². The summed E-state index contributed by atoms with van der Waals surface area (Å²) in [6.07, 6.45) is 0. The third kappa shape index (κ3) is 2.00. The van der Waals surface area contributed by atoms with E-state index in [0.29, 0.717) is 0 Å². The van der Waals surface area contributed by atoms with E-state index in [4.69, 9.17) is 5.73 Å². The number of rotatable bonds is 1. The van der Waals surface area contributed by atoms with Gasteiger partial charge in [0.25, 0.3) is 0 Å². The minimum Gasteiger partial charge on any atom is -0.399 e. The fraction of sp³-hybridized carbons (Fsp3) is 0. The van der Waals surface area contributed by atoms with Crippen molar-refractivity contribution in [3.63, 3.8) is 0 Å². The predicted molar refractivity (Wildman–Crippen MR) is 56.2 cm³/mol. The van der Waals surface area contributed by atoms with Crippen LogP contribution in [0.4, 0.5) is 18.9 Å². The maximum Gasteiger partial charge on any atom is 0.133 e. The molecular weight excluding hydrogens is 215 g/mol. The average Bonchev–Trinajstić information content (AvgIpc) is 2.15. The molecule has 2 N–H and O–H groups in total. The van der Waals surface area contributed by atoms with Crippen molar-refractivity contribution in [2.24, 2.45) is 0 Å². The smallest absolute Gasteiger partial charge is 0.133 e. The summed E-state index contributed by atoms with van der Waals surface area (Å²) in [6.45, 7) is 0. The Labute approximate surface area is 90.3 Å². The number of hydrogen-bond donors (Lipinski definition) is 1. The molecule has 0 aromatic heterocycles. The van der Waals surface area contributed by atoms with Gasteiger partial charge in [0.2, 0.25) is 0 Å². The lowest BCUT2D eigenvalue weighted by Gasteiger charge is -2.04. The van der Waals surface area contributed by atoms with Crippen molar-refractivity contribution < 1.29 is 13.2 Å². The van der Waals surface area contributed by atoms with Crippen LogP contribution in [0.3, 0.4) is 0 Å². The third-order valence-corrected chi connectivity index (χ3v) is 2.17. The summed E-state index contributed by atoms with van der Waals surface area (Å²) in [5.41, 5.74) is 5.91. The van der Waals surface area contributed by atoms with Crippen molar-refractivity contribution in [3.8, 4) is 11.1 Å². The zero-order valence-electron chi connectivity index (χ0n) is 8.18. The average molecular weight is 223 g/mol. The summed E-state index contributed by atoms with van der Waals surface area (Å²) in [4.78, 5) is 0. The minimum absolute atomic E-state index is 0.118. The molecule has 16 heavy (non-hydrogen) atoms. The topological polar surface area (TPSA) is 26.0 Å². The molecule has 0 bridgehead atoms. The fourth-order valence-electron chi connectivity index (χ4n) is 1.47. The first-order valence-corrected chi connectivity index (χ1v) is 4.58. The quantitative estimate of drug-likeness (QED) is 0.737. The van der Waals surface area contributed by atoms with Gasteiger partial charge in [0.1, 0.15) is 17.5 Å². The Kier molecular flexibility index (Phi) is 2.56. The van der Waals surface area contributed by atoms with Gasteiger partial charge in [-0.15, -0.1) is 0 Å². The Balaban J connectivity index is 2.58. The number of nitrogens with two attached hydrogens (primary N) is 1. The van der Waals surface area contributed by atoms with E-state index in [0.717, 1.165) is 24.3 Å². The molecule has 1 nitrogen and oxygen atoms in total. The van der Waals surface area contributed by atoms with E-state index in [1.165, 1.54) is 12.1 Å². The molecule has 0 radical (unpaired) electrons. The standard InChI is InChI=1S/C12H8F3N/c13-8-3-7(4-9(14)5-8)11-2-1-10(16)6-12(11)15/h1-6H,16H2. The lowest BCUT2D eigenvalue weighted by molar-refractivity contribution is 0.583. The minimum atomic E-state index is -0.744. The van der Waals surface area contributed by atoms with Gasteiger partial charge in [-0.3, -0.25) is 0 Å². The van der Waals surface area contributed by atoms with Crippen molar-refractivity contribution in [2.75, 3.05) is 5.73 Å². The Bertz CT molecular complexity index is 518. The Hall–Kier alpha value is -1.97. The van der Waals surface area contributed by atoms with Crippen molar-refractivity contribution in [1.82, 2.24) is 0 Å². The summed E-state index contributed by atoms with van der Waals surface area (Å²) in [5.74, 6) is -2.09. The Morgan fingerprint density at radius 1 is 0.812 bits per heavy atom. The molecule has 4 heteroatoms. The molecule has 2 aromatic carbocycles. The second kappa shape index (κ2) is 3.89. The first-order valence-electron chi connectivity index (χ1n) is 4.58. The van der Waals surface area contributed by atoms with Gasteiger partial charge in [-0.1, -0.05) is 0 Å². The first kappa shape index (κ1) is 10.5. The molecule has 0 spiro atoms. The van der Waals surface area contributed by atoms with Gasteiger partial charge >= 0.3 is 0 Å². The lowest BCUT2D eigenvalue weighted by Crippen LogP contribution is -1.91. The molecule has 0 saturated heterocycles. The van der Waals surface area contributed by atoms with E-state index in [-0.39, 0.29) is 16.8 Å². The highest BCUT2D eigenvalue weighted by Crippen LogP contribution is 2.25. The van der Waals surface area contributed by atoms with Crippen LogP contribution in [0.5, 0.6) is 0 Å². The summed E-state index contributed by atoms with van der Waals surface area (Å²) >= 11 is 0. The highest BCUT2D eigenvalue weighted by atomic mass is 19.1. The van der Waals surface area contributed by atoms with Gasteiger partial charge in [0, 0.05) is 17.3 Å². The van der Waals surface area contributed by atoms with Crippen molar-refractivity contribution in [2.45, 2.75) is 0 Å². The van der Waals surface area contributed by atoms with E-state index in [2.05, 4.69) is 0 Å². The lowest BCUT2D eigenvalue weighted by atomic mass is 10.0. The number of nitrogen functional groups attached to an aromatic ring is 1. The zero-order valence-corrected chi connectivity index (χ0v) is 8.18. The van der Waals surface area contributed by atoms with E-state index < -0.39 is 17.5 Å². The van der Waals surface area contributed by atoms with E-state index in [1.54, 1.807) is 0 Å². The molecule has 0 saturated carbocycles. The SMILES string of the molecule is Nc1ccc(-c2cc(F)cc(F)c2)c(F)c1. The number of anilines is 1. The molecule has 0 unspecified atom stereocenters. The van der Waals surface area contributed by atoms with Crippen molar-refractivity contribution in [1.29, 1.82) is 0 Å². The fourth-order valence-corrected chi connectivity index (χ4v) is 1.47. The van der Waals surface area contributed by atoms with Crippen LogP contribution in [0.25, 0.3) is 11.1 Å². The third-order valence-electron chi connectivity index (χ3n) is 2.17. The predicted octanol–water partition coefficient (Wildman–Crippen LogP) is 3.35. The van der Waals surface area contributed by atoms with Crippen LogP contribution in [-0.2, 0) is 0 Å². The monoisotopic (exact) mass is 223 g/mol. The van der Waals surface area contributed by atoms with Crippen molar-refractivity contribution in [3.05, 3.63) is 53.8 Å². The molecule has 0 aliphatic rings. The van der Waals surface area contributed by atoms with Gasteiger partial charge in [0.05, 0.1) is 0 Å². The molecule has 0 atom stereocenters. The molecule has 0 fully saturated rings. The highest BCUT2D eigenvalue weighted by molar-refractivity contribution is 5.66. The second-order valence-corrected chi connectivity index (χ2v) is 3.40. The van der Waals surface area contributed by atoms with E-state index >= 15 is 0 Å². The number of halogens is 3. The number of hydrogen-bond acceptors (Lipinski definition) is 1. The molecule has 0 heterocycles. The highest BCUT2D eigenvalue weighted by Gasteiger charge is 2.08. The molecule has 0 aliphatic heterocycles. The van der Waals surface area contributed by atoms with Gasteiger partial charge in [0.15, 0.2) is 0 Å². The van der Waals surface area contributed by atoms with Gasteiger partial charge in [-0.05, 0) is 35.9 Å². The van der Waals surface area contributed by atoms with Gasteiger partial charge in [-0.25, -0.2) is 13.2 Å². The molecule has 0 amide bonds. The molecular formula is C12H8F3N. The molecule has 2 aromatic rings. The molecule has 82 valence electrons. The summed E-state index contributed by atoms with van der Waals surface area (Å²) in [5, 5.41) is 0. The van der Waals surface area contributed by atoms with Gasteiger partial charge in [-0.2, -0.15) is 0 Å². The normalized spacial score (nSPS) is 10.4. The summed E-state index contributed by atoms with van der Waals surface area (Å²) in [6, 6.07) is 6.84. The first-order chi connectivity index (χ1) is 7.56. The Morgan fingerprint density at radius 3 is 2.00 bits per heavy atom. The van der Waals surface area contributed by atoms with Crippen LogP contribution in [0.15, 0.2) is 36.4 Å². The maximum absolute atomic E-state index is 13.5. The maximum atomic E-state index is 13.5. The number of benzene rings is 2. The summed E-state index contributed by atoms with van der Waals surface area (Å²) < 4.78 is 39.3. The van der Waals surface area contributed by atoms with Crippen LogP contribution in [0.2, 0.25) is 0 Å². The second-order valence-electron chi connectivity index (χ2n) is 3.40. The van der Waals surface area contributed by atoms with E-state index in [9.17, 15) is 13.2 Å². The molecule has 2 rings (SSSR count). The zero-order chi connectivity index (χ0) is 11.7. The molecule has 0 aliphatic carbocycles. The van der Waals surface area contributed by atoms with Crippen LogP contribution < -0.4 is 5.73 Å². The van der Waals surface area contributed by atoms with Crippen LogP contribution in [0.1, 0.15) is 0 Å². The largest absolute Gasteiger partial charge is 0.399 e. The summed E-state index contributed by atoms with van der Waals surface area (Å²) in [7, 11) is 0. The van der Waals surface area contributed by atoms with Gasteiger partial charge < -0.3 is 5.73 Å². The van der Waals surface area contributed by atoms with Crippen LogP contribution in [0, 0.1) is 17.5 Å². The van der Waals surface area contributed by atoms with E-state index in [1.807, 2.05) is 0 Å².